The van der Waals surface area contributed by atoms with E-state index in [0.29, 0.717) is 57.4 Å². The Morgan fingerprint density at radius 3 is 2.27 bits per heavy atom. The van der Waals surface area contributed by atoms with Crippen LogP contribution < -0.4 is 0 Å². The molecule has 0 saturated carbocycles. The van der Waals surface area contributed by atoms with Gasteiger partial charge in [0.2, 0.25) is 0 Å². The Kier molecular flexibility index (Phi) is 6.57. The molecule has 9 nitrogen and oxygen atoms in total. The lowest BCUT2D eigenvalue weighted by Crippen LogP contribution is -2.56. The van der Waals surface area contributed by atoms with Gasteiger partial charge in [-0.2, -0.15) is 26.3 Å². The predicted molar refractivity (Wildman–Crippen MR) is 113 cm³/mol. The summed E-state index contributed by atoms with van der Waals surface area (Å²) >= 11 is 0. The molecule has 3 fully saturated rings. The van der Waals surface area contributed by atoms with Crippen LogP contribution in [-0.2, 0) is 22.6 Å². The van der Waals surface area contributed by atoms with Crippen LogP contribution in [0.2, 0.25) is 0 Å². The van der Waals surface area contributed by atoms with E-state index in [4.69, 9.17) is 4.74 Å². The van der Waals surface area contributed by atoms with Gasteiger partial charge in [0.05, 0.1) is 25.8 Å². The lowest BCUT2D eigenvalue weighted by atomic mass is 9.85. The number of nitrogens with zero attached hydrogens (tertiary/aromatic N) is 5. The van der Waals surface area contributed by atoms with Gasteiger partial charge in [0, 0.05) is 44.5 Å². The van der Waals surface area contributed by atoms with Crippen LogP contribution in [0.15, 0.2) is 6.20 Å². The van der Waals surface area contributed by atoms with Crippen LogP contribution in [0.25, 0.3) is 0 Å². The molecule has 4 aliphatic rings. The van der Waals surface area contributed by atoms with Crippen molar-refractivity contribution in [1.82, 2.24) is 24.3 Å². The van der Waals surface area contributed by atoms with E-state index in [0.717, 1.165) is 17.3 Å². The maximum Gasteiger partial charge on any atom is 0.434 e. The molecule has 0 aliphatic carbocycles. The summed E-state index contributed by atoms with van der Waals surface area (Å²) in [5, 5.41) is 0. The molecule has 1 aromatic heterocycles. The third-order valence-corrected chi connectivity index (χ3v) is 7.79. The lowest BCUT2D eigenvalue weighted by molar-refractivity contribution is -0.308. The zero-order valence-electron chi connectivity index (χ0n) is 19.9. The number of hydrogen-bond donors (Lipinski definition) is 0. The number of fused-ring (bicyclic) bond motifs is 1. The van der Waals surface area contributed by atoms with Gasteiger partial charge in [0.15, 0.2) is 0 Å². The highest BCUT2D eigenvalue weighted by Crippen LogP contribution is 2.40. The fourth-order valence-electron chi connectivity index (χ4n) is 5.63. The van der Waals surface area contributed by atoms with Gasteiger partial charge in [0.1, 0.15) is 11.5 Å². The van der Waals surface area contributed by atoms with Crippen LogP contribution in [-0.4, -0.2) is 106 Å². The second-order valence-corrected chi connectivity index (χ2v) is 10.0. The smallest absolute Gasteiger partial charge is 0.426 e. The van der Waals surface area contributed by atoms with E-state index < -0.39 is 30.1 Å². The Morgan fingerprint density at radius 2 is 1.68 bits per heavy atom. The van der Waals surface area contributed by atoms with Gasteiger partial charge in [-0.15, -0.1) is 0 Å². The predicted octanol–water partition coefficient (Wildman–Crippen LogP) is 2.80. The SMILES string of the molecule is O=C(OC(C(F)(F)F)C(F)(F)F)N1CCC2(CCCN2C(=O)c2cn3c(n2)CN(C2COC2)CC3)CC1. The summed E-state index contributed by atoms with van der Waals surface area (Å²) in [6, 6.07) is 0.353. The van der Waals surface area contributed by atoms with Gasteiger partial charge in [-0.25, -0.2) is 9.78 Å². The second-order valence-electron chi connectivity index (χ2n) is 10.0. The fourth-order valence-corrected chi connectivity index (χ4v) is 5.63. The number of aromatic nitrogens is 2. The first-order valence-electron chi connectivity index (χ1n) is 12.2. The normalized spacial score (nSPS) is 22.9. The van der Waals surface area contributed by atoms with E-state index in [1.807, 2.05) is 4.57 Å². The number of carbonyl (C=O) groups is 2. The fraction of sp³-hybridized carbons (Fsp3) is 0.773. The second kappa shape index (κ2) is 9.33. The molecule has 1 spiro atoms. The standard InChI is InChI=1S/C22H27F6N5O4/c23-21(24,25)18(22(26,27)28)37-19(35)30-6-3-20(4-7-30)2-1-5-33(20)17(34)15-10-32-9-8-31(11-16(32)29-15)14-12-36-13-14/h10,14,18H,1-9,11-13H2. The first kappa shape index (κ1) is 26.1. The molecule has 5 heterocycles. The summed E-state index contributed by atoms with van der Waals surface area (Å²) < 4.78 is 87.7. The molecule has 5 rings (SSSR count). The summed E-state index contributed by atoms with van der Waals surface area (Å²) in [4.78, 5) is 35.0. The van der Waals surface area contributed by atoms with Crippen molar-refractivity contribution in [2.45, 2.75) is 68.8 Å². The van der Waals surface area contributed by atoms with E-state index in [9.17, 15) is 35.9 Å². The van der Waals surface area contributed by atoms with E-state index in [2.05, 4.69) is 14.6 Å². The number of ether oxygens (including phenoxy) is 2. The first-order chi connectivity index (χ1) is 17.4. The Labute approximate surface area is 208 Å². The molecule has 1 aromatic rings. The Balaban J connectivity index is 1.22. The zero-order chi connectivity index (χ0) is 26.6. The van der Waals surface area contributed by atoms with Crippen molar-refractivity contribution in [3.63, 3.8) is 0 Å². The number of alkyl halides is 6. The summed E-state index contributed by atoms with van der Waals surface area (Å²) in [6.45, 7) is 3.72. The van der Waals surface area contributed by atoms with Gasteiger partial charge in [-0.05, 0) is 25.7 Å². The molecule has 15 heteroatoms. The maximum absolute atomic E-state index is 13.5. The highest BCUT2D eigenvalue weighted by Gasteiger charge is 2.60. The number of halogens is 6. The van der Waals surface area contributed by atoms with Crippen LogP contribution in [0.5, 0.6) is 0 Å². The molecule has 37 heavy (non-hydrogen) atoms. The van der Waals surface area contributed by atoms with Crippen molar-refractivity contribution in [1.29, 1.82) is 0 Å². The van der Waals surface area contributed by atoms with Gasteiger partial charge in [0.25, 0.3) is 12.0 Å². The molecular formula is C22H27F6N5O4. The van der Waals surface area contributed by atoms with E-state index in [1.54, 1.807) is 11.1 Å². The molecule has 0 radical (unpaired) electrons. The van der Waals surface area contributed by atoms with Crippen LogP contribution in [0.3, 0.4) is 0 Å². The van der Waals surface area contributed by atoms with Crippen LogP contribution in [0.4, 0.5) is 31.1 Å². The summed E-state index contributed by atoms with van der Waals surface area (Å²) in [5.74, 6) is 0.527. The van der Waals surface area contributed by atoms with Gasteiger partial charge >= 0.3 is 18.4 Å². The number of amides is 2. The molecule has 0 aromatic carbocycles. The van der Waals surface area contributed by atoms with Crippen LogP contribution >= 0.6 is 0 Å². The minimum atomic E-state index is -5.77. The van der Waals surface area contributed by atoms with Gasteiger partial charge in [-0.3, -0.25) is 9.69 Å². The lowest BCUT2D eigenvalue weighted by Gasteiger charge is -2.44. The maximum atomic E-state index is 13.5. The molecule has 0 unspecified atom stereocenters. The molecule has 2 amide bonds. The molecular weight excluding hydrogens is 512 g/mol. The Bertz CT molecular complexity index is 1020. The van der Waals surface area contributed by atoms with Gasteiger partial charge in [-0.1, -0.05) is 0 Å². The largest absolute Gasteiger partial charge is 0.434 e. The third-order valence-electron chi connectivity index (χ3n) is 7.79. The highest BCUT2D eigenvalue weighted by molar-refractivity contribution is 5.93. The summed E-state index contributed by atoms with van der Waals surface area (Å²) in [7, 11) is 0. The highest BCUT2D eigenvalue weighted by atomic mass is 19.4. The molecule has 0 atom stereocenters. The topological polar surface area (TPSA) is 80.1 Å². The Morgan fingerprint density at radius 1 is 1.00 bits per heavy atom. The van der Waals surface area contributed by atoms with Crippen molar-refractivity contribution < 1.29 is 45.4 Å². The van der Waals surface area contributed by atoms with Crippen molar-refractivity contribution in [3.05, 3.63) is 17.7 Å². The van der Waals surface area contributed by atoms with E-state index >= 15 is 0 Å². The minimum Gasteiger partial charge on any atom is -0.426 e. The van der Waals surface area contributed by atoms with Gasteiger partial charge < -0.3 is 23.8 Å². The first-order valence-corrected chi connectivity index (χ1v) is 12.2. The average Bonchev–Trinajstić information content (AvgIpc) is 3.38. The number of rotatable bonds is 3. The van der Waals surface area contributed by atoms with Crippen molar-refractivity contribution in [3.8, 4) is 0 Å². The van der Waals surface area contributed by atoms with Crippen molar-refractivity contribution >= 4 is 12.0 Å². The van der Waals surface area contributed by atoms with E-state index in [1.165, 1.54) is 0 Å². The summed E-state index contributed by atoms with van der Waals surface area (Å²) in [6.07, 6.45) is -13.9. The van der Waals surface area contributed by atoms with Crippen LogP contribution in [0.1, 0.15) is 42.0 Å². The number of likely N-dealkylation sites (tertiary alicyclic amines) is 2. The van der Waals surface area contributed by atoms with Crippen molar-refractivity contribution in [2.24, 2.45) is 0 Å². The third kappa shape index (κ3) is 4.99. The number of hydrogen-bond acceptors (Lipinski definition) is 6. The molecule has 0 N–H and O–H groups in total. The quantitative estimate of drug-likeness (QED) is 0.550. The van der Waals surface area contributed by atoms with E-state index in [-0.39, 0.29) is 31.8 Å². The average molecular weight is 539 g/mol. The minimum absolute atomic E-state index is 0.122. The summed E-state index contributed by atoms with van der Waals surface area (Å²) in [5.41, 5.74) is -0.330. The van der Waals surface area contributed by atoms with Crippen molar-refractivity contribution in [2.75, 3.05) is 39.4 Å². The molecule has 206 valence electrons. The zero-order valence-corrected chi connectivity index (χ0v) is 19.9. The molecule has 0 bridgehead atoms. The van der Waals surface area contributed by atoms with Crippen LogP contribution in [0, 0.1) is 0 Å². The molecule has 3 saturated heterocycles. The number of piperidine rings is 1. The Hall–Kier alpha value is -2.55. The number of imidazole rings is 1. The molecule has 4 aliphatic heterocycles. The monoisotopic (exact) mass is 539 g/mol. The number of carbonyl (C=O) groups excluding carboxylic acids is 2.